The number of nitrogens with zero attached hydrogens (tertiary/aromatic N) is 1. The van der Waals surface area contributed by atoms with Gasteiger partial charge < -0.3 is 29.2 Å². The van der Waals surface area contributed by atoms with Crippen molar-refractivity contribution in [2.24, 2.45) is 5.92 Å². The predicted molar refractivity (Wildman–Crippen MR) is 129 cm³/mol. The molecule has 1 spiro atoms. The summed E-state index contributed by atoms with van der Waals surface area (Å²) in [5.41, 5.74) is -0.417. The second kappa shape index (κ2) is 9.27. The van der Waals surface area contributed by atoms with E-state index in [4.69, 9.17) is 18.9 Å². The Morgan fingerprint density at radius 2 is 2.00 bits per heavy atom. The number of aliphatic hydroxyl groups is 1. The van der Waals surface area contributed by atoms with Crippen LogP contribution in [-0.4, -0.2) is 71.3 Å². The molecule has 1 aliphatic carbocycles. The third-order valence-electron chi connectivity index (χ3n) is 8.16. The van der Waals surface area contributed by atoms with Crippen molar-refractivity contribution >= 4 is 11.9 Å². The van der Waals surface area contributed by atoms with E-state index in [1.54, 1.807) is 7.11 Å². The van der Waals surface area contributed by atoms with Gasteiger partial charge in [0.25, 0.3) is 0 Å². The lowest BCUT2D eigenvalue weighted by molar-refractivity contribution is -0.178. The average Bonchev–Trinajstić information content (AvgIpc) is 3.51. The van der Waals surface area contributed by atoms with Gasteiger partial charge in [0.1, 0.15) is 5.76 Å². The summed E-state index contributed by atoms with van der Waals surface area (Å²) >= 11 is 0. The smallest absolute Gasteiger partial charge is 0.339 e. The number of carbonyl (C=O) groups is 2. The number of benzene rings is 1. The van der Waals surface area contributed by atoms with Crippen LogP contribution in [-0.2, 0) is 25.5 Å². The number of rotatable bonds is 8. The van der Waals surface area contributed by atoms with Crippen molar-refractivity contribution in [2.75, 3.05) is 27.0 Å². The van der Waals surface area contributed by atoms with Crippen LogP contribution in [0.3, 0.4) is 0 Å². The highest BCUT2D eigenvalue weighted by atomic mass is 16.7. The Bertz CT molecular complexity index is 1080. The van der Waals surface area contributed by atoms with Gasteiger partial charge in [-0.15, -0.1) is 0 Å². The molecule has 1 aromatic carbocycles. The number of esters is 1. The topological polar surface area (TPSA) is 115 Å². The maximum atomic E-state index is 13.5. The molecule has 0 bridgehead atoms. The van der Waals surface area contributed by atoms with Gasteiger partial charge in [-0.25, -0.2) is 4.79 Å². The lowest BCUT2D eigenvalue weighted by atomic mass is 9.77. The molecule has 2 N–H and O–H groups in total. The Hall–Kier alpha value is -2.78. The summed E-state index contributed by atoms with van der Waals surface area (Å²) in [4.78, 5) is 27.5. The van der Waals surface area contributed by atoms with Crippen molar-refractivity contribution in [3.05, 3.63) is 35.1 Å². The molecule has 36 heavy (non-hydrogen) atoms. The minimum Gasteiger partial charge on any atom is -0.497 e. The van der Waals surface area contributed by atoms with Gasteiger partial charge in [0.05, 0.1) is 25.0 Å². The Kier molecular flexibility index (Phi) is 6.41. The van der Waals surface area contributed by atoms with Crippen molar-refractivity contribution in [1.29, 1.82) is 0 Å². The second-order valence-electron chi connectivity index (χ2n) is 10.8. The standard InChI is InChI=1S/C27H35NO8/c1-16(2)5-8-27(32,14-22(29)30)25(31)36-24-21(33-3)13-26-7-4-9-28(26)10-6-17-11-19-20(35-15-34-19)12-18(17)23(24)26/h11-13,16,23-24,32H,4-10,14-15H2,1-3H3,(H,29,30). The monoisotopic (exact) mass is 501 g/mol. The lowest BCUT2D eigenvalue weighted by Gasteiger charge is -2.39. The van der Waals surface area contributed by atoms with Crippen molar-refractivity contribution in [3.63, 3.8) is 0 Å². The number of carboxylic acid groups (broad SMARTS) is 1. The van der Waals surface area contributed by atoms with Gasteiger partial charge in [-0.3, -0.25) is 9.69 Å². The van der Waals surface area contributed by atoms with E-state index in [9.17, 15) is 19.8 Å². The number of fused-ring (bicyclic) bond motifs is 3. The molecule has 1 aromatic rings. The first-order valence-corrected chi connectivity index (χ1v) is 12.8. The fourth-order valence-corrected chi connectivity index (χ4v) is 6.36. The average molecular weight is 502 g/mol. The van der Waals surface area contributed by atoms with Crippen LogP contribution in [0, 0.1) is 5.92 Å². The van der Waals surface area contributed by atoms with Crippen LogP contribution < -0.4 is 9.47 Å². The molecular weight excluding hydrogens is 466 g/mol. The number of aliphatic carboxylic acids is 1. The zero-order valence-electron chi connectivity index (χ0n) is 21.1. The molecule has 9 nitrogen and oxygen atoms in total. The maximum Gasteiger partial charge on any atom is 0.339 e. The van der Waals surface area contributed by atoms with Gasteiger partial charge in [0.15, 0.2) is 23.2 Å². The first kappa shape index (κ1) is 24.9. The molecule has 0 radical (unpaired) electrons. The van der Waals surface area contributed by atoms with Crippen molar-refractivity contribution in [1.82, 2.24) is 4.90 Å². The molecule has 0 aromatic heterocycles. The SMILES string of the molecule is COC1=CC23CCCN2CCc2cc4c(cc2C3C1OC(=O)C(O)(CCC(C)C)CC(=O)O)OCO4. The Balaban J connectivity index is 1.54. The molecule has 1 saturated heterocycles. The maximum absolute atomic E-state index is 13.5. The molecule has 5 rings (SSSR count). The number of methoxy groups -OCH3 is 1. The van der Waals surface area contributed by atoms with Crippen LogP contribution in [0.5, 0.6) is 11.5 Å². The van der Waals surface area contributed by atoms with E-state index in [0.717, 1.165) is 43.5 Å². The highest BCUT2D eigenvalue weighted by molar-refractivity contribution is 5.85. The molecular formula is C27H35NO8. The van der Waals surface area contributed by atoms with Crippen LogP contribution in [0.2, 0.25) is 0 Å². The molecule has 3 heterocycles. The summed E-state index contributed by atoms with van der Waals surface area (Å²) in [5.74, 6) is -0.388. The van der Waals surface area contributed by atoms with Gasteiger partial charge in [0, 0.05) is 6.54 Å². The highest BCUT2D eigenvalue weighted by Crippen LogP contribution is 2.55. The number of hydrogen-bond donors (Lipinski definition) is 2. The van der Waals surface area contributed by atoms with E-state index in [0.29, 0.717) is 23.7 Å². The number of carbonyl (C=O) groups excluding carboxylic acids is 1. The predicted octanol–water partition coefficient (Wildman–Crippen LogP) is 2.99. The van der Waals surface area contributed by atoms with Gasteiger partial charge in [0.2, 0.25) is 6.79 Å². The Labute approximate surface area is 211 Å². The molecule has 4 atom stereocenters. The Morgan fingerprint density at radius 3 is 2.69 bits per heavy atom. The summed E-state index contributed by atoms with van der Waals surface area (Å²) < 4.78 is 23.1. The van der Waals surface area contributed by atoms with E-state index < -0.39 is 35.6 Å². The van der Waals surface area contributed by atoms with Crippen molar-refractivity contribution in [3.8, 4) is 11.5 Å². The minimum absolute atomic E-state index is 0.00571. The summed E-state index contributed by atoms with van der Waals surface area (Å²) in [7, 11) is 1.55. The van der Waals surface area contributed by atoms with Crippen LogP contribution in [0.15, 0.2) is 24.0 Å². The quantitative estimate of drug-likeness (QED) is 0.519. The summed E-state index contributed by atoms with van der Waals surface area (Å²) in [6, 6.07) is 4.00. The molecule has 4 unspecified atom stereocenters. The largest absolute Gasteiger partial charge is 0.497 e. The zero-order chi connectivity index (χ0) is 25.7. The van der Waals surface area contributed by atoms with E-state index in [-0.39, 0.29) is 25.0 Å². The van der Waals surface area contributed by atoms with Crippen LogP contribution >= 0.6 is 0 Å². The van der Waals surface area contributed by atoms with E-state index in [2.05, 4.69) is 11.0 Å². The van der Waals surface area contributed by atoms with Crippen LogP contribution in [0.1, 0.15) is 63.0 Å². The second-order valence-corrected chi connectivity index (χ2v) is 10.8. The van der Waals surface area contributed by atoms with E-state index >= 15 is 0 Å². The van der Waals surface area contributed by atoms with Gasteiger partial charge in [-0.2, -0.15) is 0 Å². The third-order valence-corrected chi connectivity index (χ3v) is 8.16. The van der Waals surface area contributed by atoms with Crippen molar-refractivity contribution < 1.29 is 38.7 Å². The first-order chi connectivity index (χ1) is 17.2. The normalized spacial score (nSPS) is 28.0. The number of ether oxygens (including phenoxy) is 4. The molecule has 9 heteroatoms. The fourth-order valence-electron chi connectivity index (χ4n) is 6.36. The minimum atomic E-state index is -2.12. The third kappa shape index (κ3) is 4.12. The van der Waals surface area contributed by atoms with Gasteiger partial charge in [-0.1, -0.05) is 13.8 Å². The first-order valence-electron chi connectivity index (χ1n) is 12.8. The van der Waals surface area contributed by atoms with E-state index in [1.165, 1.54) is 0 Å². The summed E-state index contributed by atoms with van der Waals surface area (Å²) in [6.07, 6.45) is 3.75. The Morgan fingerprint density at radius 1 is 1.25 bits per heavy atom. The van der Waals surface area contributed by atoms with Crippen LogP contribution in [0.25, 0.3) is 0 Å². The molecule has 3 aliphatic heterocycles. The molecule has 0 amide bonds. The number of carboxylic acids is 1. The molecule has 196 valence electrons. The fraction of sp³-hybridized carbons (Fsp3) is 0.630. The van der Waals surface area contributed by atoms with E-state index in [1.807, 2.05) is 26.0 Å². The summed E-state index contributed by atoms with van der Waals surface area (Å²) in [6.45, 7) is 5.84. The van der Waals surface area contributed by atoms with Crippen molar-refractivity contribution in [2.45, 2.75) is 75.5 Å². The van der Waals surface area contributed by atoms with Gasteiger partial charge in [-0.05, 0) is 73.9 Å². The molecule has 1 fully saturated rings. The number of hydrogen-bond acceptors (Lipinski definition) is 8. The van der Waals surface area contributed by atoms with Gasteiger partial charge >= 0.3 is 11.9 Å². The van der Waals surface area contributed by atoms with Crippen LogP contribution in [0.4, 0.5) is 0 Å². The summed E-state index contributed by atoms with van der Waals surface area (Å²) in [5, 5.41) is 20.7. The highest BCUT2D eigenvalue weighted by Gasteiger charge is 2.59. The molecule has 4 aliphatic rings. The zero-order valence-corrected chi connectivity index (χ0v) is 21.1. The lowest BCUT2D eigenvalue weighted by Crippen LogP contribution is -2.49. The molecule has 0 saturated carbocycles.